The van der Waals surface area contributed by atoms with E-state index in [-0.39, 0.29) is 0 Å². The summed E-state index contributed by atoms with van der Waals surface area (Å²) in [7, 11) is 1.94. The van der Waals surface area contributed by atoms with E-state index in [1.807, 2.05) is 43.4 Å². The molecule has 0 saturated carbocycles. The zero-order valence-corrected chi connectivity index (χ0v) is 15.2. The van der Waals surface area contributed by atoms with Crippen LogP contribution in [0.3, 0.4) is 0 Å². The average molecular weight is 345 g/mol. The molecule has 0 fully saturated rings. The van der Waals surface area contributed by atoms with Gasteiger partial charge >= 0.3 is 0 Å². The number of anilines is 1. The molecule has 26 heavy (non-hydrogen) atoms. The third-order valence-electron chi connectivity index (χ3n) is 3.94. The summed E-state index contributed by atoms with van der Waals surface area (Å²) in [5, 5.41) is 3.12. The summed E-state index contributed by atoms with van der Waals surface area (Å²) in [6.45, 7) is 0.487. The van der Waals surface area contributed by atoms with Gasteiger partial charge in [0.1, 0.15) is 0 Å². The smallest absolute Gasteiger partial charge is 0.0359 e. The van der Waals surface area contributed by atoms with Crippen LogP contribution >= 0.6 is 0 Å². The van der Waals surface area contributed by atoms with Crippen molar-refractivity contribution in [2.24, 2.45) is 11.5 Å². The second-order valence-corrected chi connectivity index (χ2v) is 5.87. The Morgan fingerprint density at radius 3 is 1.88 bits per heavy atom. The highest BCUT2D eigenvalue weighted by atomic mass is 14.8. The highest BCUT2D eigenvalue weighted by molar-refractivity contribution is 5.62. The molecule has 0 bridgehead atoms. The van der Waals surface area contributed by atoms with Gasteiger partial charge in [-0.25, -0.2) is 0 Å². The lowest BCUT2D eigenvalue weighted by Crippen LogP contribution is -2.01. The Morgan fingerprint density at radius 2 is 1.35 bits per heavy atom. The lowest BCUT2D eigenvalue weighted by Gasteiger charge is -2.03. The number of benzene rings is 3. The minimum Gasteiger partial charge on any atom is -0.398 e. The minimum atomic E-state index is 0.487. The number of nitrogens with one attached hydrogen (secondary N) is 1. The Kier molecular flexibility index (Phi) is 7.97. The van der Waals surface area contributed by atoms with Crippen molar-refractivity contribution in [3.8, 4) is 0 Å². The highest BCUT2D eigenvalue weighted by Gasteiger charge is 1.95. The predicted octanol–water partition coefficient (Wildman–Crippen LogP) is 4.26. The van der Waals surface area contributed by atoms with E-state index in [9.17, 15) is 0 Å². The number of nitrogens with two attached hydrogens (primary N) is 2. The summed E-state index contributed by atoms with van der Waals surface area (Å²) >= 11 is 0. The first-order valence-electron chi connectivity index (χ1n) is 8.74. The first-order chi connectivity index (χ1) is 12.7. The summed E-state index contributed by atoms with van der Waals surface area (Å²) < 4.78 is 0. The van der Waals surface area contributed by atoms with E-state index in [1.54, 1.807) is 6.08 Å². The monoisotopic (exact) mass is 345 g/mol. The maximum absolute atomic E-state index is 5.69. The molecule has 0 aromatic heterocycles. The largest absolute Gasteiger partial charge is 0.398 e. The molecule has 134 valence electrons. The zero-order chi connectivity index (χ0) is 18.6. The van der Waals surface area contributed by atoms with Crippen LogP contribution in [-0.4, -0.2) is 13.6 Å². The maximum Gasteiger partial charge on any atom is 0.0359 e. The lowest BCUT2D eigenvalue weighted by atomic mass is 10.1. The van der Waals surface area contributed by atoms with Gasteiger partial charge in [-0.2, -0.15) is 0 Å². The molecule has 3 rings (SSSR count). The quantitative estimate of drug-likeness (QED) is 0.647. The standard InChI is InChI=1S/C14H15N.C9H12N2/c1-15-14-9-7-13(8-10-14)11-12-5-3-2-4-6-12;10-7-6-9(11)8-4-2-1-3-5-8/h2-10,15H,11H2,1H3;1-6H,7,10-11H2/b;9-6-. The van der Waals surface area contributed by atoms with Gasteiger partial charge in [-0.05, 0) is 41.3 Å². The van der Waals surface area contributed by atoms with Gasteiger partial charge in [0, 0.05) is 25.0 Å². The Morgan fingerprint density at radius 1 is 0.808 bits per heavy atom. The van der Waals surface area contributed by atoms with Crippen LogP contribution in [0.25, 0.3) is 5.70 Å². The maximum atomic E-state index is 5.69. The van der Waals surface area contributed by atoms with Crippen LogP contribution in [0.1, 0.15) is 16.7 Å². The fraction of sp³-hybridized carbons (Fsp3) is 0.130. The van der Waals surface area contributed by atoms with Crippen molar-refractivity contribution < 1.29 is 0 Å². The van der Waals surface area contributed by atoms with E-state index in [0.717, 1.165) is 23.4 Å². The minimum absolute atomic E-state index is 0.487. The first kappa shape index (κ1) is 19.3. The third kappa shape index (κ3) is 6.46. The van der Waals surface area contributed by atoms with Crippen molar-refractivity contribution in [2.75, 3.05) is 18.9 Å². The topological polar surface area (TPSA) is 64.1 Å². The van der Waals surface area contributed by atoms with Gasteiger partial charge in [-0.1, -0.05) is 72.8 Å². The molecule has 0 aliphatic heterocycles. The summed E-state index contributed by atoms with van der Waals surface area (Å²) in [6.07, 6.45) is 2.81. The molecule has 0 amide bonds. The molecule has 0 unspecified atom stereocenters. The molecule has 0 aliphatic carbocycles. The molecule has 0 atom stereocenters. The van der Waals surface area contributed by atoms with Crippen LogP contribution in [0, 0.1) is 0 Å². The van der Waals surface area contributed by atoms with E-state index in [4.69, 9.17) is 11.5 Å². The summed E-state index contributed by atoms with van der Waals surface area (Å²) in [4.78, 5) is 0. The molecule has 0 aliphatic rings. The lowest BCUT2D eigenvalue weighted by molar-refractivity contribution is 1.19. The van der Waals surface area contributed by atoms with Crippen LogP contribution in [0.4, 0.5) is 5.69 Å². The molecule has 0 heterocycles. The normalized spacial score (nSPS) is 10.6. The van der Waals surface area contributed by atoms with Gasteiger partial charge < -0.3 is 16.8 Å². The van der Waals surface area contributed by atoms with E-state index in [0.29, 0.717) is 6.54 Å². The van der Waals surface area contributed by atoms with Crippen molar-refractivity contribution in [1.82, 2.24) is 0 Å². The fourth-order valence-electron chi connectivity index (χ4n) is 2.50. The van der Waals surface area contributed by atoms with E-state index >= 15 is 0 Å². The number of hydrogen-bond donors (Lipinski definition) is 3. The Balaban J connectivity index is 0.000000197. The van der Waals surface area contributed by atoms with Gasteiger partial charge in [0.15, 0.2) is 0 Å². The van der Waals surface area contributed by atoms with Gasteiger partial charge in [0.2, 0.25) is 0 Å². The van der Waals surface area contributed by atoms with Crippen molar-refractivity contribution in [3.63, 3.8) is 0 Å². The second-order valence-electron chi connectivity index (χ2n) is 5.87. The number of hydrogen-bond acceptors (Lipinski definition) is 3. The van der Waals surface area contributed by atoms with E-state index in [1.165, 1.54) is 11.1 Å². The van der Waals surface area contributed by atoms with Crippen molar-refractivity contribution in [1.29, 1.82) is 0 Å². The molecule has 3 aromatic carbocycles. The van der Waals surface area contributed by atoms with Gasteiger partial charge in [0.25, 0.3) is 0 Å². The van der Waals surface area contributed by atoms with Crippen LogP contribution in [-0.2, 0) is 6.42 Å². The second kappa shape index (κ2) is 10.7. The van der Waals surface area contributed by atoms with Gasteiger partial charge in [0.05, 0.1) is 0 Å². The predicted molar refractivity (Wildman–Crippen MR) is 113 cm³/mol. The Bertz CT molecular complexity index is 779. The van der Waals surface area contributed by atoms with Crippen LogP contribution in [0.15, 0.2) is 91.0 Å². The molecule has 3 nitrogen and oxygen atoms in total. The molecule has 3 aromatic rings. The van der Waals surface area contributed by atoms with Gasteiger partial charge in [-0.3, -0.25) is 0 Å². The molecule has 5 N–H and O–H groups in total. The first-order valence-corrected chi connectivity index (χ1v) is 8.74. The SMILES string of the molecule is CNc1ccc(Cc2ccccc2)cc1.NC/C=C(\N)c1ccccc1. The van der Waals surface area contributed by atoms with Crippen LogP contribution < -0.4 is 16.8 Å². The number of rotatable bonds is 5. The van der Waals surface area contributed by atoms with Crippen molar-refractivity contribution >= 4 is 11.4 Å². The van der Waals surface area contributed by atoms with Crippen LogP contribution in [0.2, 0.25) is 0 Å². The van der Waals surface area contributed by atoms with E-state index < -0.39 is 0 Å². The summed E-state index contributed by atoms with van der Waals surface area (Å²) in [6, 6.07) is 28.9. The summed E-state index contributed by atoms with van der Waals surface area (Å²) in [5.41, 5.74) is 16.6. The summed E-state index contributed by atoms with van der Waals surface area (Å²) in [5.74, 6) is 0. The highest BCUT2D eigenvalue weighted by Crippen LogP contribution is 2.12. The molecular weight excluding hydrogens is 318 g/mol. The van der Waals surface area contributed by atoms with Crippen molar-refractivity contribution in [2.45, 2.75) is 6.42 Å². The molecule has 0 radical (unpaired) electrons. The Hall–Kier alpha value is -3.04. The zero-order valence-electron chi connectivity index (χ0n) is 15.2. The van der Waals surface area contributed by atoms with Crippen molar-refractivity contribution in [3.05, 3.63) is 108 Å². The van der Waals surface area contributed by atoms with E-state index in [2.05, 4.69) is 53.8 Å². The Labute approximate surface area is 156 Å². The fourth-order valence-corrected chi connectivity index (χ4v) is 2.50. The average Bonchev–Trinajstić information content (AvgIpc) is 2.71. The molecule has 0 saturated heterocycles. The molecular formula is C23H27N3. The molecule has 3 heteroatoms. The molecule has 0 spiro atoms. The van der Waals surface area contributed by atoms with Crippen LogP contribution in [0.5, 0.6) is 0 Å². The van der Waals surface area contributed by atoms with Gasteiger partial charge in [-0.15, -0.1) is 0 Å². The third-order valence-corrected chi connectivity index (χ3v) is 3.94.